The van der Waals surface area contributed by atoms with E-state index >= 15 is 0 Å². The van der Waals surface area contributed by atoms with Crippen LogP contribution in [0.15, 0.2) is 40.0 Å². The predicted octanol–water partition coefficient (Wildman–Crippen LogP) is 3.58. The van der Waals surface area contributed by atoms with Gasteiger partial charge in [-0.15, -0.1) is 24.0 Å². The van der Waals surface area contributed by atoms with Gasteiger partial charge in [0, 0.05) is 45.2 Å². The van der Waals surface area contributed by atoms with Crippen LogP contribution in [-0.2, 0) is 11.2 Å². The molecule has 1 aromatic rings. The third-order valence-electron chi connectivity index (χ3n) is 5.39. The van der Waals surface area contributed by atoms with Crippen molar-refractivity contribution in [3.05, 3.63) is 36.3 Å². The standard InChI is InChI=1S/C22H36N4O2.HI/c1-18(2)17-26-12-9-19(10-13-26)25-22(23-11-8-20-7-5-15-27-20)24-16-21-6-3-4-14-28-21;/h5,7,15,19,21H,1,3-4,6,8-14,16-17H2,2H3,(H2,23,24,25);1H. The number of nitrogens with one attached hydrogen (secondary N) is 2. The summed E-state index contributed by atoms with van der Waals surface area (Å²) in [4.78, 5) is 7.32. The second-order valence-corrected chi connectivity index (χ2v) is 8.09. The molecule has 1 aromatic heterocycles. The molecule has 2 aliphatic heterocycles. The van der Waals surface area contributed by atoms with Crippen LogP contribution in [0.4, 0.5) is 0 Å². The smallest absolute Gasteiger partial charge is 0.191 e. The number of rotatable bonds is 8. The number of aliphatic imine (C=N–C) groups is 1. The van der Waals surface area contributed by atoms with Crippen molar-refractivity contribution in [2.24, 2.45) is 4.99 Å². The topological polar surface area (TPSA) is 62.0 Å². The zero-order chi connectivity index (χ0) is 19.6. The first kappa shape index (κ1) is 24.2. The maximum atomic E-state index is 5.84. The van der Waals surface area contributed by atoms with Gasteiger partial charge in [-0.25, -0.2) is 0 Å². The van der Waals surface area contributed by atoms with Crippen LogP contribution in [0.2, 0.25) is 0 Å². The maximum absolute atomic E-state index is 5.84. The zero-order valence-electron chi connectivity index (χ0n) is 17.7. The molecule has 7 heteroatoms. The lowest BCUT2D eigenvalue weighted by molar-refractivity contribution is 0.0224. The van der Waals surface area contributed by atoms with Gasteiger partial charge in [0.15, 0.2) is 5.96 Å². The van der Waals surface area contributed by atoms with E-state index in [-0.39, 0.29) is 30.1 Å². The van der Waals surface area contributed by atoms with Crippen molar-refractivity contribution in [3.63, 3.8) is 0 Å². The van der Waals surface area contributed by atoms with Crippen molar-refractivity contribution in [1.29, 1.82) is 0 Å². The predicted molar refractivity (Wildman–Crippen MR) is 129 cm³/mol. The molecule has 0 spiro atoms. The van der Waals surface area contributed by atoms with Gasteiger partial charge in [-0.1, -0.05) is 12.2 Å². The summed E-state index contributed by atoms with van der Waals surface area (Å²) >= 11 is 0. The van der Waals surface area contributed by atoms with Gasteiger partial charge >= 0.3 is 0 Å². The van der Waals surface area contributed by atoms with Gasteiger partial charge in [-0.2, -0.15) is 0 Å². The van der Waals surface area contributed by atoms with Crippen molar-refractivity contribution >= 4 is 29.9 Å². The molecule has 6 nitrogen and oxygen atoms in total. The van der Waals surface area contributed by atoms with E-state index in [2.05, 4.69) is 29.0 Å². The monoisotopic (exact) mass is 516 g/mol. The Morgan fingerprint density at radius 3 is 2.76 bits per heavy atom. The highest BCUT2D eigenvalue weighted by molar-refractivity contribution is 14.0. The molecule has 0 saturated carbocycles. The number of hydrogen-bond acceptors (Lipinski definition) is 4. The second-order valence-electron chi connectivity index (χ2n) is 8.09. The van der Waals surface area contributed by atoms with Gasteiger partial charge in [-0.05, 0) is 51.2 Å². The van der Waals surface area contributed by atoms with Crippen LogP contribution in [0.25, 0.3) is 0 Å². The van der Waals surface area contributed by atoms with Crippen LogP contribution in [0.1, 0.15) is 44.8 Å². The van der Waals surface area contributed by atoms with E-state index in [0.29, 0.717) is 6.04 Å². The van der Waals surface area contributed by atoms with E-state index in [4.69, 9.17) is 14.1 Å². The average Bonchev–Trinajstić information content (AvgIpc) is 3.21. The highest BCUT2D eigenvalue weighted by Crippen LogP contribution is 2.14. The molecule has 2 fully saturated rings. The highest BCUT2D eigenvalue weighted by atomic mass is 127. The van der Waals surface area contributed by atoms with E-state index in [0.717, 1.165) is 76.7 Å². The first-order chi connectivity index (χ1) is 13.7. The van der Waals surface area contributed by atoms with Gasteiger partial charge in [-0.3, -0.25) is 9.89 Å². The molecular weight excluding hydrogens is 479 g/mol. The van der Waals surface area contributed by atoms with Crippen molar-refractivity contribution in [2.45, 2.75) is 57.6 Å². The summed E-state index contributed by atoms with van der Waals surface area (Å²) in [6, 6.07) is 4.41. The van der Waals surface area contributed by atoms with Gasteiger partial charge in [0.2, 0.25) is 0 Å². The van der Waals surface area contributed by atoms with Crippen LogP contribution in [0.5, 0.6) is 0 Å². The van der Waals surface area contributed by atoms with Crippen molar-refractivity contribution in [3.8, 4) is 0 Å². The Hall–Kier alpha value is -1.06. The number of likely N-dealkylation sites (tertiary alicyclic amines) is 1. The molecule has 0 aromatic carbocycles. The summed E-state index contributed by atoms with van der Waals surface area (Å²) in [5.41, 5.74) is 1.24. The molecule has 2 saturated heterocycles. The van der Waals surface area contributed by atoms with E-state index in [9.17, 15) is 0 Å². The van der Waals surface area contributed by atoms with Crippen LogP contribution in [0.3, 0.4) is 0 Å². The molecule has 3 heterocycles. The molecule has 1 atom stereocenters. The Morgan fingerprint density at radius 1 is 1.28 bits per heavy atom. The Kier molecular flexibility index (Phi) is 11.1. The Morgan fingerprint density at radius 2 is 2.10 bits per heavy atom. The van der Waals surface area contributed by atoms with Crippen LogP contribution in [-0.4, -0.2) is 62.3 Å². The number of hydrogen-bond donors (Lipinski definition) is 2. The lowest BCUT2D eigenvalue weighted by atomic mass is 10.0. The summed E-state index contributed by atoms with van der Waals surface area (Å²) in [5.74, 6) is 1.90. The summed E-state index contributed by atoms with van der Waals surface area (Å²) in [6.45, 7) is 11.8. The van der Waals surface area contributed by atoms with Gasteiger partial charge in [0.1, 0.15) is 5.76 Å². The number of ether oxygens (including phenoxy) is 1. The number of furan rings is 1. The summed E-state index contributed by atoms with van der Waals surface area (Å²) in [5, 5.41) is 7.14. The molecular formula is C22H37IN4O2. The van der Waals surface area contributed by atoms with Crippen molar-refractivity contribution < 1.29 is 9.15 Å². The molecule has 2 N–H and O–H groups in total. The molecule has 0 radical (unpaired) electrons. The third kappa shape index (κ3) is 9.09. The lowest BCUT2D eigenvalue weighted by Crippen LogP contribution is -2.49. The maximum Gasteiger partial charge on any atom is 0.191 e. The van der Waals surface area contributed by atoms with Crippen molar-refractivity contribution in [1.82, 2.24) is 15.5 Å². The molecule has 0 amide bonds. The van der Waals surface area contributed by atoms with Crippen LogP contribution < -0.4 is 10.6 Å². The lowest BCUT2D eigenvalue weighted by Gasteiger charge is -2.33. The minimum Gasteiger partial charge on any atom is -0.469 e. The minimum absolute atomic E-state index is 0. The third-order valence-corrected chi connectivity index (χ3v) is 5.39. The Balaban J connectivity index is 0.00000300. The molecule has 164 valence electrons. The minimum atomic E-state index is 0. The summed E-state index contributed by atoms with van der Waals surface area (Å²) in [7, 11) is 0. The van der Waals surface area contributed by atoms with Gasteiger partial charge < -0.3 is 19.8 Å². The van der Waals surface area contributed by atoms with E-state index in [1.807, 2.05) is 12.1 Å². The molecule has 1 unspecified atom stereocenters. The van der Waals surface area contributed by atoms with Gasteiger partial charge in [0.25, 0.3) is 0 Å². The van der Waals surface area contributed by atoms with E-state index in [1.54, 1.807) is 6.26 Å². The summed E-state index contributed by atoms with van der Waals surface area (Å²) in [6.07, 6.45) is 8.63. The van der Waals surface area contributed by atoms with Crippen LogP contribution >= 0.6 is 24.0 Å². The van der Waals surface area contributed by atoms with Crippen molar-refractivity contribution in [2.75, 3.05) is 39.3 Å². The fourth-order valence-electron chi connectivity index (χ4n) is 3.87. The number of guanidine groups is 1. The molecule has 29 heavy (non-hydrogen) atoms. The Labute approximate surface area is 192 Å². The SMILES string of the molecule is C=C(C)CN1CCC(NC(=NCC2CCCCO2)NCCc2ccco2)CC1.I. The summed E-state index contributed by atoms with van der Waals surface area (Å²) < 4.78 is 11.3. The fourth-order valence-corrected chi connectivity index (χ4v) is 3.87. The second kappa shape index (κ2) is 13.3. The largest absolute Gasteiger partial charge is 0.469 e. The highest BCUT2D eigenvalue weighted by Gasteiger charge is 2.20. The van der Waals surface area contributed by atoms with Gasteiger partial charge in [0.05, 0.1) is 18.9 Å². The average molecular weight is 516 g/mol. The number of nitrogens with zero attached hydrogens (tertiary/aromatic N) is 2. The number of halogens is 1. The fraction of sp³-hybridized carbons (Fsp3) is 0.682. The first-order valence-electron chi connectivity index (χ1n) is 10.7. The Bertz CT molecular complexity index is 606. The normalized spacial score (nSPS) is 21.4. The van der Waals surface area contributed by atoms with E-state index in [1.165, 1.54) is 18.4 Å². The quantitative estimate of drug-likeness (QED) is 0.240. The molecule has 3 rings (SSSR count). The number of piperidine rings is 1. The molecule has 0 aliphatic carbocycles. The van der Waals surface area contributed by atoms with E-state index < -0.39 is 0 Å². The van der Waals surface area contributed by atoms with Crippen LogP contribution in [0, 0.1) is 0 Å². The molecule has 0 bridgehead atoms. The first-order valence-corrected chi connectivity index (χ1v) is 10.7. The molecule has 2 aliphatic rings. The zero-order valence-corrected chi connectivity index (χ0v) is 20.0.